The van der Waals surface area contributed by atoms with Gasteiger partial charge in [0.05, 0.1) is 6.26 Å². The quantitative estimate of drug-likeness (QED) is 0.525. The Morgan fingerprint density at radius 3 is 1.78 bits per heavy atom. The predicted octanol–water partition coefficient (Wildman–Crippen LogP) is 1.53. The molecule has 0 fully saturated rings. The molecule has 0 amide bonds. The van der Waals surface area contributed by atoms with Gasteiger partial charge in [-0.15, -0.1) is 10.2 Å². The van der Waals surface area contributed by atoms with Crippen molar-refractivity contribution in [2.24, 2.45) is 0 Å². The Morgan fingerprint density at radius 1 is 0.815 bits per heavy atom. The molecule has 3 rings (SSSR count). The molecule has 0 spiro atoms. The van der Waals surface area contributed by atoms with Crippen LogP contribution in [0.2, 0.25) is 0 Å². The molecule has 7 heteroatoms. The minimum atomic E-state index is -4.94. The second-order valence-corrected chi connectivity index (χ2v) is 7.34. The van der Waals surface area contributed by atoms with Crippen LogP contribution in [-0.2, 0) is 0 Å². The topological polar surface area (TPSA) is 112 Å². The summed E-state index contributed by atoms with van der Waals surface area (Å²) >= 11 is 1.69. The first kappa shape index (κ1) is 21.0. The average molecular weight is 405 g/mol. The maximum atomic E-state index is 9.36. The molecule has 1 N–H and O–H groups in total. The average Bonchev–Trinajstić information content (AvgIpc) is 2.67. The van der Waals surface area contributed by atoms with E-state index in [0.29, 0.717) is 0 Å². The Kier molecular flexibility index (Phi) is 7.44. The second kappa shape index (κ2) is 9.57. The Hall–Kier alpha value is -2.32. The highest BCUT2D eigenvalue weighted by Gasteiger charge is 2.18. The lowest BCUT2D eigenvalue weighted by Gasteiger charge is -2.17. The molecule has 140 valence electrons. The van der Waals surface area contributed by atoms with Gasteiger partial charge in [0.1, 0.15) is 0 Å². The zero-order valence-electron chi connectivity index (χ0n) is 14.4. The molecule has 0 unspecified atom stereocenters. The van der Waals surface area contributed by atoms with E-state index < -0.39 is 10.2 Å². The van der Waals surface area contributed by atoms with Crippen LogP contribution in [0.25, 0.3) is 27.1 Å². The first-order chi connectivity index (χ1) is 12.8. The van der Waals surface area contributed by atoms with Gasteiger partial charge in [0.15, 0.2) is 0 Å². The summed E-state index contributed by atoms with van der Waals surface area (Å²) in [5, 5.41) is 9.36. The number of hydrogen-bond acceptors (Lipinski definition) is 5. The summed E-state index contributed by atoms with van der Waals surface area (Å²) < 4.78 is 34.0. The van der Waals surface area contributed by atoms with Gasteiger partial charge in [0.2, 0.25) is 21.1 Å². The van der Waals surface area contributed by atoms with E-state index in [4.69, 9.17) is 18.6 Å². The third-order valence-electron chi connectivity index (χ3n) is 3.54. The van der Waals surface area contributed by atoms with Crippen molar-refractivity contribution in [1.29, 1.82) is 0 Å². The predicted molar refractivity (Wildman–Crippen MR) is 95.9 cm³/mol. The van der Waals surface area contributed by atoms with Gasteiger partial charge in [-0.05, 0) is 30.2 Å². The largest absolute Gasteiger partial charge is 0.515 e. The summed E-state index contributed by atoms with van der Waals surface area (Å²) in [4.78, 5) is 2.26. The van der Waals surface area contributed by atoms with E-state index in [0.717, 1.165) is 16.0 Å². The highest BCUT2D eigenvalue weighted by molar-refractivity contribution is 7.16. The molecule has 1 heterocycles. The molecule has 0 saturated heterocycles. The molecule has 0 aliphatic carbocycles. The number of benzene rings is 2. The molecule has 0 bridgehead atoms. The first-order valence-corrected chi connectivity index (χ1v) is 9.85. The van der Waals surface area contributed by atoms with Gasteiger partial charge in [-0.1, -0.05) is 48.5 Å². The first-order valence-electron chi connectivity index (χ1n) is 7.80. The lowest BCUT2D eigenvalue weighted by atomic mass is 10.0. The number of allylic oxidation sites excluding steroid dienone is 1. The van der Waals surface area contributed by atoms with Crippen LogP contribution < -0.4 is 18.6 Å². The maximum Gasteiger partial charge on any atom is 0.239 e. The SMILES string of the molecule is C/C(=C\O)c1cc(-c2ccccc2)cc(-c2ccccc2)[s+]1.[O-][Cl+3]([O-])([O-])[O-]. The van der Waals surface area contributed by atoms with Crippen LogP contribution in [0, 0.1) is 10.2 Å². The van der Waals surface area contributed by atoms with Crippen molar-refractivity contribution in [3.05, 3.63) is 83.9 Å². The van der Waals surface area contributed by atoms with Crippen LogP contribution in [0.5, 0.6) is 0 Å². The van der Waals surface area contributed by atoms with Gasteiger partial charge in [0.25, 0.3) is 0 Å². The molecule has 5 nitrogen and oxygen atoms in total. The smallest absolute Gasteiger partial charge is 0.239 e. The van der Waals surface area contributed by atoms with Gasteiger partial charge in [-0.3, -0.25) is 0 Å². The van der Waals surface area contributed by atoms with Crippen LogP contribution >= 0.6 is 11.3 Å². The normalized spacial score (nSPS) is 11.5. The van der Waals surface area contributed by atoms with Crippen LogP contribution in [0.1, 0.15) is 11.8 Å². The minimum absolute atomic E-state index is 0.875. The number of halogens is 1. The summed E-state index contributed by atoms with van der Waals surface area (Å²) in [5.41, 5.74) is 4.41. The molecule has 0 aliphatic rings. The summed E-state index contributed by atoms with van der Waals surface area (Å²) in [6.45, 7) is 1.93. The van der Waals surface area contributed by atoms with E-state index in [1.54, 1.807) is 11.3 Å². The van der Waals surface area contributed by atoms with Gasteiger partial charge < -0.3 is 5.11 Å². The molecule has 2 aromatic carbocycles. The number of hydrogen-bond donors (Lipinski definition) is 1. The van der Waals surface area contributed by atoms with Crippen molar-refractivity contribution < 1.29 is 34.0 Å². The van der Waals surface area contributed by atoms with E-state index >= 15 is 0 Å². The van der Waals surface area contributed by atoms with Crippen molar-refractivity contribution in [3.8, 4) is 21.6 Å². The van der Waals surface area contributed by atoms with E-state index in [9.17, 15) is 5.11 Å². The molecule has 0 saturated carbocycles. The third-order valence-corrected chi connectivity index (χ3v) is 4.77. The number of aliphatic hydroxyl groups is 1. The monoisotopic (exact) mass is 404 g/mol. The number of rotatable bonds is 3. The zero-order chi connectivity index (χ0) is 19.9. The van der Waals surface area contributed by atoms with Crippen LogP contribution in [0.4, 0.5) is 0 Å². The zero-order valence-corrected chi connectivity index (χ0v) is 15.9. The van der Waals surface area contributed by atoms with Crippen LogP contribution in [0.3, 0.4) is 0 Å². The second-order valence-electron chi connectivity index (χ2n) is 5.50. The third kappa shape index (κ3) is 7.07. The molecule has 3 aromatic rings. The highest BCUT2D eigenvalue weighted by atomic mass is 35.7. The summed E-state index contributed by atoms with van der Waals surface area (Å²) in [6.07, 6.45) is 1.18. The lowest BCUT2D eigenvalue weighted by Crippen LogP contribution is -2.68. The van der Waals surface area contributed by atoms with Gasteiger partial charge in [0, 0.05) is 23.3 Å². The van der Waals surface area contributed by atoms with E-state index in [1.165, 1.54) is 22.3 Å². The standard InChI is InChI=1S/C20H16OS.ClHO4/c1-15(14-21)19-12-18(16-8-4-2-5-9-16)13-20(22-19)17-10-6-3-7-11-17;2-1(3,4)5/h2-14H,1H3;(H,2,3,4,5)/b15-14+;. The molecule has 0 atom stereocenters. The van der Waals surface area contributed by atoms with E-state index in [-0.39, 0.29) is 0 Å². The molecule has 0 aliphatic heterocycles. The van der Waals surface area contributed by atoms with Gasteiger partial charge in [-0.25, -0.2) is 18.6 Å². The lowest BCUT2D eigenvalue weighted by molar-refractivity contribution is -2.00. The maximum absolute atomic E-state index is 9.36. The Balaban J connectivity index is 0.000000465. The number of aliphatic hydroxyl groups excluding tert-OH is 1. The summed E-state index contributed by atoms with van der Waals surface area (Å²) in [6, 6.07) is 25.0. The van der Waals surface area contributed by atoms with Crippen molar-refractivity contribution in [3.63, 3.8) is 0 Å². The van der Waals surface area contributed by atoms with Crippen molar-refractivity contribution in [2.75, 3.05) is 0 Å². The Bertz CT molecular complexity index is 830. The molecular formula is C20H17ClO5S. The fraction of sp³-hybridized carbons (Fsp3) is 0.0500. The van der Waals surface area contributed by atoms with Gasteiger partial charge >= 0.3 is 0 Å². The summed E-state index contributed by atoms with van der Waals surface area (Å²) in [5.74, 6) is 0. The van der Waals surface area contributed by atoms with Crippen molar-refractivity contribution in [2.45, 2.75) is 6.92 Å². The molecule has 27 heavy (non-hydrogen) atoms. The fourth-order valence-corrected chi connectivity index (χ4v) is 3.38. The van der Waals surface area contributed by atoms with E-state index in [1.807, 2.05) is 43.3 Å². The minimum Gasteiger partial charge on any atom is -0.515 e. The van der Waals surface area contributed by atoms with Crippen molar-refractivity contribution in [1.82, 2.24) is 0 Å². The summed E-state index contributed by atoms with van der Waals surface area (Å²) in [7, 11) is -4.94. The Morgan fingerprint density at radius 2 is 1.30 bits per heavy atom. The molecule has 1 aromatic heterocycles. The molecular weight excluding hydrogens is 388 g/mol. The van der Waals surface area contributed by atoms with Crippen molar-refractivity contribution >= 4 is 16.9 Å². The Labute approximate surface area is 163 Å². The van der Waals surface area contributed by atoms with Gasteiger partial charge in [-0.2, -0.15) is 0 Å². The molecule has 0 radical (unpaired) electrons. The fourth-order valence-electron chi connectivity index (χ4n) is 2.30. The van der Waals surface area contributed by atoms with E-state index in [2.05, 4.69) is 36.4 Å². The van der Waals surface area contributed by atoms with Crippen LogP contribution in [-0.4, -0.2) is 5.11 Å². The van der Waals surface area contributed by atoms with Crippen LogP contribution in [0.15, 0.2) is 79.1 Å². The highest BCUT2D eigenvalue weighted by Crippen LogP contribution is 2.35.